The lowest BCUT2D eigenvalue weighted by Crippen LogP contribution is -2.42. The van der Waals surface area contributed by atoms with Crippen LogP contribution < -0.4 is 19.7 Å². The number of amides is 3. The second kappa shape index (κ2) is 10.3. The van der Waals surface area contributed by atoms with Crippen molar-refractivity contribution in [3.05, 3.63) is 58.5 Å². The predicted octanol–water partition coefficient (Wildman–Crippen LogP) is 5.40. The lowest BCUT2D eigenvalue weighted by atomic mass is 9.88. The van der Waals surface area contributed by atoms with Crippen molar-refractivity contribution in [1.29, 1.82) is 0 Å². The number of ether oxygens (including phenoxy) is 2. The van der Waals surface area contributed by atoms with E-state index in [4.69, 9.17) is 9.47 Å². The number of hydrogen-bond donors (Lipinski definition) is 1. The van der Waals surface area contributed by atoms with Crippen LogP contribution in [-0.2, 0) is 9.59 Å². The van der Waals surface area contributed by atoms with Crippen molar-refractivity contribution in [1.82, 2.24) is 4.90 Å². The van der Waals surface area contributed by atoms with Crippen LogP contribution in [-0.4, -0.2) is 54.8 Å². The van der Waals surface area contributed by atoms with Crippen molar-refractivity contribution in [3.63, 3.8) is 0 Å². The summed E-state index contributed by atoms with van der Waals surface area (Å²) in [7, 11) is 3.61. The minimum Gasteiger partial charge on any atom is -0.496 e. The molecule has 0 saturated carbocycles. The average molecular weight is 522 g/mol. The minimum absolute atomic E-state index is 0.155. The molecule has 3 amide bonds. The number of benzene rings is 2. The van der Waals surface area contributed by atoms with Gasteiger partial charge in [-0.15, -0.1) is 0 Å². The summed E-state index contributed by atoms with van der Waals surface area (Å²) < 4.78 is 11.0. The number of carbonyl (C=O) groups is 3. The smallest absolute Gasteiger partial charge is 0.294 e. The first-order chi connectivity index (χ1) is 17.5. The second-order valence-electron chi connectivity index (χ2n) is 9.42. The Labute approximate surface area is 221 Å². The topological polar surface area (TPSA) is 88.2 Å². The van der Waals surface area contributed by atoms with E-state index >= 15 is 0 Å². The van der Waals surface area contributed by atoms with Gasteiger partial charge in [-0.05, 0) is 81.4 Å². The highest BCUT2D eigenvalue weighted by Crippen LogP contribution is 2.42. The average Bonchev–Trinajstić information content (AvgIpc) is 3.11. The van der Waals surface area contributed by atoms with Gasteiger partial charge in [-0.25, -0.2) is 0 Å². The molecule has 1 N–H and O–H groups in total. The minimum atomic E-state index is -0.512. The van der Waals surface area contributed by atoms with Gasteiger partial charge in [0.1, 0.15) is 18.0 Å². The molecule has 2 aliphatic rings. The van der Waals surface area contributed by atoms with E-state index in [1.807, 2.05) is 26.1 Å². The summed E-state index contributed by atoms with van der Waals surface area (Å²) in [6.07, 6.45) is 3.85. The Morgan fingerprint density at radius 2 is 1.86 bits per heavy atom. The van der Waals surface area contributed by atoms with Gasteiger partial charge < -0.3 is 19.7 Å². The van der Waals surface area contributed by atoms with E-state index in [1.165, 1.54) is 0 Å². The molecular formula is C28H31N3O5S. The Bertz CT molecular complexity index is 1310. The maximum atomic E-state index is 13.1. The first kappa shape index (κ1) is 26.3. The third-order valence-corrected chi connectivity index (χ3v) is 7.39. The van der Waals surface area contributed by atoms with Crippen LogP contribution in [0.3, 0.4) is 0 Å². The highest BCUT2D eigenvalue weighted by atomic mass is 32.2. The van der Waals surface area contributed by atoms with E-state index in [9.17, 15) is 14.4 Å². The molecule has 194 valence electrons. The zero-order chi connectivity index (χ0) is 26.9. The molecule has 1 fully saturated rings. The molecule has 4 rings (SSSR count). The van der Waals surface area contributed by atoms with Crippen molar-refractivity contribution in [2.75, 3.05) is 37.5 Å². The summed E-state index contributed by atoms with van der Waals surface area (Å²) in [5.74, 6) is 0.305. The first-order valence-corrected chi connectivity index (χ1v) is 12.8. The SMILES string of the molecule is CCOc1ccc(NC(=O)CN2C(=O)S/C(=C/c3cc4c(cc3OC)N(C)C(C)(C)C=C4C)C2=O)cc1. The Hall–Kier alpha value is -3.72. The highest BCUT2D eigenvalue weighted by Gasteiger charge is 2.37. The highest BCUT2D eigenvalue weighted by molar-refractivity contribution is 8.18. The molecule has 0 spiro atoms. The van der Waals surface area contributed by atoms with Gasteiger partial charge >= 0.3 is 0 Å². The number of hydrogen-bond acceptors (Lipinski definition) is 7. The molecule has 0 aromatic heterocycles. The molecule has 2 heterocycles. The normalized spacial score (nSPS) is 17.6. The van der Waals surface area contributed by atoms with E-state index in [1.54, 1.807) is 37.5 Å². The van der Waals surface area contributed by atoms with Gasteiger partial charge in [-0.2, -0.15) is 0 Å². The maximum absolute atomic E-state index is 13.1. The number of nitrogens with one attached hydrogen (secondary N) is 1. The van der Waals surface area contributed by atoms with E-state index < -0.39 is 17.1 Å². The van der Waals surface area contributed by atoms with E-state index in [-0.39, 0.29) is 17.0 Å². The van der Waals surface area contributed by atoms with Gasteiger partial charge in [-0.1, -0.05) is 6.08 Å². The number of thioether (sulfide) groups is 1. The van der Waals surface area contributed by atoms with Gasteiger partial charge in [0.15, 0.2) is 0 Å². The number of anilines is 2. The van der Waals surface area contributed by atoms with Crippen LogP contribution in [0.15, 0.2) is 47.4 Å². The quantitative estimate of drug-likeness (QED) is 0.488. The van der Waals surface area contributed by atoms with Gasteiger partial charge in [0.2, 0.25) is 5.91 Å². The van der Waals surface area contributed by atoms with Crippen LogP contribution in [0.5, 0.6) is 11.5 Å². The van der Waals surface area contributed by atoms with Crippen molar-refractivity contribution in [2.24, 2.45) is 0 Å². The van der Waals surface area contributed by atoms with Gasteiger partial charge in [-0.3, -0.25) is 19.3 Å². The van der Waals surface area contributed by atoms with Crippen LogP contribution in [0.1, 0.15) is 38.8 Å². The molecule has 2 aromatic carbocycles. The summed E-state index contributed by atoms with van der Waals surface area (Å²) in [5.41, 5.74) is 4.26. The zero-order valence-corrected chi connectivity index (χ0v) is 22.7. The summed E-state index contributed by atoms with van der Waals surface area (Å²) in [5, 5.41) is 2.22. The number of nitrogens with zero attached hydrogens (tertiary/aromatic N) is 2. The molecule has 0 unspecified atom stereocenters. The number of allylic oxidation sites excluding steroid dienone is 1. The van der Waals surface area contributed by atoms with Gasteiger partial charge in [0.25, 0.3) is 11.1 Å². The Kier molecular flexibility index (Phi) is 7.36. The molecule has 37 heavy (non-hydrogen) atoms. The Morgan fingerprint density at radius 1 is 1.16 bits per heavy atom. The summed E-state index contributed by atoms with van der Waals surface area (Å²) >= 11 is 0.811. The van der Waals surface area contributed by atoms with Crippen molar-refractivity contribution < 1.29 is 23.9 Å². The fourth-order valence-electron chi connectivity index (χ4n) is 4.41. The largest absolute Gasteiger partial charge is 0.496 e. The zero-order valence-electron chi connectivity index (χ0n) is 21.9. The third-order valence-electron chi connectivity index (χ3n) is 6.48. The van der Waals surface area contributed by atoms with Crippen molar-refractivity contribution in [3.8, 4) is 11.5 Å². The Balaban J connectivity index is 1.53. The summed E-state index contributed by atoms with van der Waals surface area (Å²) in [6, 6.07) is 10.8. The second-order valence-corrected chi connectivity index (χ2v) is 10.4. The molecule has 0 radical (unpaired) electrons. The molecule has 0 aliphatic carbocycles. The van der Waals surface area contributed by atoms with Crippen molar-refractivity contribution in [2.45, 2.75) is 33.2 Å². The maximum Gasteiger partial charge on any atom is 0.294 e. The van der Waals surface area contributed by atoms with Crippen LogP contribution in [0.4, 0.5) is 16.2 Å². The van der Waals surface area contributed by atoms with Crippen molar-refractivity contribution >= 4 is 51.8 Å². The molecule has 1 saturated heterocycles. The number of fused-ring (bicyclic) bond motifs is 1. The monoisotopic (exact) mass is 521 g/mol. The Morgan fingerprint density at radius 3 is 2.51 bits per heavy atom. The van der Waals surface area contributed by atoms with Crippen LogP contribution in [0.2, 0.25) is 0 Å². The summed E-state index contributed by atoms with van der Waals surface area (Å²) in [4.78, 5) is 41.6. The molecular weight excluding hydrogens is 490 g/mol. The number of imide groups is 1. The van der Waals surface area contributed by atoms with E-state index in [2.05, 4.69) is 37.1 Å². The number of likely N-dealkylation sites (N-methyl/N-ethyl adjacent to an activating group) is 1. The molecule has 8 nitrogen and oxygen atoms in total. The fraction of sp³-hybridized carbons (Fsp3) is 0.321. The van der Waals surface area contributed by atoms with Crippen LogP contribution >= 0.6 is 11.8 Å². The summed E-state index contributed by atoms with van der Waals surface area (Å²) in [6.45, 7) is 8.39. The molecule has 2 aromatic rings. The van der Waals surface area contributed by atoms with Crippen LogP contribution in [0.25, 0.3) is 11.6 Å². The molecule has 2 aliphatic heterocycles. The molecule has 0 bridgehead atoms. The fourth-order valence-corrected chi connectivity index (χ4v) is 5.24. The third kappa shape index (κ3) is 5.36. The molecule has 9 heteroatoms. The lowest BCUT2D eigenvalue weighted by molar-refractivity contribution is -0.127. The predicted molar refractivity (Wildman–Crippen MR) is 148 cm³/mol. The number of rotatable bonds is 7. The molecule has 0 atom stereocenters. The van der Waals surface area contributed by atoms with Gasteiger partial charge in [0.05, 0.1) is 24.2 Å². The van der Waals surface area contributed by atoms with Crippen LogP contribution in [0, 0.1) is 0 Å². The van der Waals surface area contributed by atoms with Gasteiger partial charge in [0, 0.05) is 35.6 Å². The van der Waals surface area contributed by atoms with E-state index in [0.29, 0.717) is 29.4 Å². The number of methoxy groups -OCH3 is 1. The standard InChI is InChI=1S/C28H31N3O5S/c1-7-36-20-10-8-19(9-11-20)29-25(32)16-31-26(33)24(37-27(31)34)13-18-12-21-17(2)15-28(3,4)30(5)22(21)14-23(18)35-6/h8-15H,7,16H2,1-6H3,(H,29,32)/b24-13+. The lowest BCUT2D eigenvalue weighted by Gasteiger charge is -2.41. The van der Waals surface area contributed by atoms with E-state index in [0.717, 1.165) is 33.5 Å². The first-order valence-electron chi connectivity index (χ1n) is 12.0. The number of carbonyl (C=O) groups excluding carboxylic acids is 3.